The highest BCUT2D eigenvalue weighted by Gasteiger charge is 2.22. The fourth-order valence-corrected chi connectivity index (χ4v) is 3.18. The molecule has 0 amide bonds. The molecular weight excluding hydrogens is 274 g/mol. The van der Waals surface area contributed by atoms with E-state index in [0.29, 0.717) is 36.1 Å². The van der Waals surface area contributed by atoms with Gasteiger partial charge in [0, 0.05) is 31.1 Å². The summed E-state index contributed by atoms with van der Waals surface area (Å²) in [4.78, 5) is 14.5. The standard InChI is InChI=1S/C16H22ClNO2/c17-15-8-4-3-7-14(15)16(20)9-10-18(11-12-19)13-5-1-2-6-13/h3-4,7-8,13,19H,1-2,5-6,9-12H2. The summed E-state index contributed by atoms with van der Waals surface area (Å²) in [5.74, 6) is 0.0801. The van der Waals surface area contributed by atoms with Crippen LogP contribution in [-0.4, -0.2) is 41.5 Å². The predicted molar refractivity (Wildman–Crippen MR) is 81.3 cm³/mol. The quantitative estimate of drug-likeness (QED) is 0.786. The van der Waals surface area contributed by atoms with Crippen molar-refractivity contribution in [2.24, 2.45) is 0 Å². The molecule has 0 saturated heterocycles. The van der Waals surface area contributed by atoms with Crippen LogP contribution in [0.25, 0.3) is 0 Å². The molecule has 1 N–H and O–H groups in total. The molecule has 0 aromatic heterocycles. The molecule has 1 aromatic carbocycles. The summed E-state index contributed by atoms with van der Waals surface area (Å²) in [5.41, 5.74) is 0.601. The van der Waals surface area contributed by atoms with E-state index in [4.69, 9.17) is 11.6 Å². The Bertz CT molecular complexity index is 444. The highest BCUT2D eigenvalue weighted by Crippen LogP contribution is 2.24. The number of benzene rings is 1. The van der Waals surface area contributed by atoms with Crippen LogP contribution in [0.2, 0.25) is 5.02 Å². The number of halogens is 1. The molecule has 0 atom stereocenters. The Balaban J connectivity index is 1.91. The Morgan fingerprint density at radius 1 is 1.25 bits per heavy atom. The lowest BCUT2D eigenvalue weighted by Crippen LogP contribution is -2.37. The molecule has 1 aliphatic rings. The van der Waals surface area contributed by atoms with Crippen molar-refractivity contribution in [3.63, 3.8) is 0 Å². The minimum Gasteiger partial charge on any atom is -0.395 e. The lowest BCUT2D eigenvalue weighted by Gasteiger charge is -2.27. The van der Waals surface area contributed by atoms with E-state index >= 15 is 0 Å². The lowest BCUT2D eigenvalue weighted by atomic mass is 10.1. The Morgan fingerprint density at radius 2 is 1.95 bits per heavy atom. The Kier molecular flexibility index (Phi) is 6.02. The number of carbonyl (C=O) groups excluding carboxylic acids is 1. The number of nitrogens with zero attached hydrogens (tertiary/aromatic N) is 1. The number of rotatable bonds is 7. The molecule has 4 heteroatoms. The van der Waals surface area contributed by atoms with Crippen LogP contribution in [0.5, 0.6) is 0 Å². The molecule has 20 heavy (non-hydrogen) atoms. The summed E-state index contributed by atoms with van der Waals surface area (Å²) < 4.78 is 0. The molecule has 0 radical (unpaired) electrons. The Labute approximate surface area is 125 Å². The maximum atomic E-state index is 12.2. The van der Waals surface area contributed by atoms with E-state index in [1.54, 1.807) is 12.1 Å². The van der Waals surface area contributed by atoms with Crippen molar-refractivity contribution in [2.45, 2.75) is 38.1 Å². The smallest absolute Gasteiger partial charge is 0.165 e. The first-order chi connectivity index (χ1) is 9.72. The first kappa shape index (κ1) is 15.5. The van der Waals surface area contributed by atoms with Gasteiger partial charge in [-0.05, 0) is 25.0 Å². The molecule has 1 aliphatic carbocycles. The van der Waals surface area contributed by atoms with Gasteiger partial charge >= 0.3 is 0 Å². The van der Waals surface area contributed by atoms with Gasteiger partial charge in [-0.1, -0.05) is 36.6 Å². The second kappa shape index (κ2) is 7.77. The number of aliphatic hydroxyl groups is 1. The van der Waals surface area contributed by atoms with Crippen molar-refractivity contribution in [2.75, 3.05) is 19.7 Å². The number of hydrogen-bond acceptors (Lipinski definition) is 3. The monoisotopic (exact) mass is 295 g/mol. The van der Waals surface area contributed by atoms with Crippen molar-refractivity contribution in [1.82, 2.24) is 4.90 Å². The molecule has 0 aliphatic heterocycles. The zero-order valence-electron chi connectivity index (χ0n) is 11.7. The molecule has 1 fully saturated rings. The Morgan fingerprint density at radius 3 is 2.60 bits per heavy atom. The van der Waals surface area contributed by atoms with Crippen LogP contribution >= 0.6 is 11.6 Å². The molecule has 1 saturated carbocycles. The van der Waals surface area contributed by atoms with Crippen LogP contribution in [0, 0.1) is 0 Å². The fourth-order valence-electron chi connectivity index (χ4n) is 2.94. The van der Waals surface area contributed by atoms with Gasteiger partial charge in [0.2, 0.25) is 0 Å². The molecule has 0 bridgehead atoms. The van der Waals surface area contributed by atoms with Gasteiger partial charge in [-0.2, -0.15) is 0 Å². The summed E-state index contributed by atoms with van der Waals surface area (Å²) in [6.07, 6.45) is 5.33. The number of carbonyl (C=O) groups is 1. The van der Waals surface area contributed by atoms with Gasteiger partial charge in [0.25, 0.3) is 0 Å². The number of aliphatic hydroxyl groups excluding tert-OH is 1. The van der Waals surface area contributed by atoms with Crippen molar-refractivity contribution in [3.8, 4) is 0 Å². The third-order valence-electron chi connectivity index (χ3n) is 4.03. The van der Waals surface area contributed by atoms with Crippen LogP contribution in [0.15, 0.2) is 24.3 Å². The summed E-state index contributed by atoms with van der Waals surface area (Å²) in [7, 11) is 0. The highest BCUT2D eigenvalue weighted by molar-refractivity contribution is 6.33. The molecule has 1 aromatic rings. The average Bonchev–Trinajstić information content (AvgIpc) is 2.97. The van der Waals surface area contributed by atoms with E-state index in [0.717, 1.165) is 0 Å². The molecule has 0 heterocycles. The number of ketones is 1. The van der Waals surface area contributed by atoms with Crippen molar-refractivity contribution >= 4 is 17.4 Å². The largest absolute Gasteiger partial charge is 0.395 e. The highest BCUT2D eigenvalue weighted by atomic mass is 35.5. The van der Waals surface area contributed by atoms with E-state index in [2.05, 4.69) is 4.90 Å². The topological polar surface area (TPSA) is 40.5 Å². The van der Waals surface area contributed by atoms with Gasteiger partial charge < -0.3 is 5.11 Å². The molecule has 2 rings (SSSR count). The lowest BCUT2D eigenvalue weighted by molar-refractivity contribution is 0.0934. The summed E-state index contributed by atoms with van der Waals surface area (Å²) >= 11 is 6.05. The van der Waals surface area contributed by atoms with Gasteiger partial charge in [0.15, 0.2) is 5.78 Å². The average molecular weight is 296 g/mol. The molecular formula is C16H22ClNO2. The van der Waals surface area contributed by atoms with E-state index in [-0.39, 0.29) is 12.4 Å². The molecule has 0 spiro atoms. The third-order valence-corrected chi connectivity index (χ3v) is 4.36. The zero-order valence-corrected chi connectivity index (χ0v) is 12.5. The van der Waals surface area contributed by atoms with E-state index in [1.807, 2.05) is 12.1 Å². The van der Waals surface area contributed by atoms with Crippen molar-refractivity contribution in [3.05, 3.63) is 34.9 Å². The minimum absolute atomic E-state index is 0.0801. The normalized spacial score (nSPS) is 15.9. The predicted octanol–water partition coefficient (Wildman–Crippen LogP) is 3.15. The van der Waals surface area contributed by atoms with Crippen molar-refractivity contribution in [1.29, 1.82) is 0 Å². The number of Topliss-reactive ketones (excluding diaryl/α,β-unsaturated/α-hetero) is 1. The maximum Gasteiger partial charge on any atom is 0.165 e. The third kappa shape index (κ3) is 4.05. The van der Waals surface area contributed by atoms with Crippen LogP contribution in [0.3, 0.4) is 0 Å². The summed E-state index contributed by atoms with van der Waals surface area (Å²) in [6, 6.07) is 7.71. The molecule has 110 valence electrons. The maximum absolute atomic E-state index is 12.2. The molecule has 0 unspecified atom stereocenters. The second-order valence-corrected chi connectivity index (χ2v) is 5.76. The fraction of sp³-hybridized carbons (Fsp3) is 0.562. The summed E-state index contributed by atoms with van der Waals surface area (Å²) in [6.45, 7) is 1.51. The van der Waals surface area contributed by atoms with Crippen LogP contribution in [0.1, 0.15) is 42.5 Å². The van der Waals surface area contributed by atoms with Gasteiger partial charge in [-0.25, -0.2) is 0 Å². The van der Waals surface area contributed by atoms with E-state index in [9.17, 15) is 9.90 Å². The first-order valence-electron chi connectivity index (χ1n) is 7.35. The van der Waals surface area contributed by atoms with Gasteiger partial charge in [0.1, 0.15) is 0 Å². The second-order valence-electron chi connectivity index (χ2n) is 5.35. The van der Waals surface area contributed by atoms with Crippen LogP contribution in [-0.2, 0) is 0 Å². The van der Waals surface area contributed by atoms with Gasteiger partial charge in [-0.15, -0.1) is 0 Å². The summed E-state index contributed by atoms with van der Waals surface area (Å²) in [5, 5.41) is 9.70. The zero-order chi connectivity index (χ0) is 14.4. The van der Waals surface area contributed by atoms with Crippen LogP contribution < -0.4 is 0 Å². The van der Waals surface area contributed by atoms with E-state index < -0.39 is 0 Å². The Hall–Kier alpha value is -0.900. The van der Waals surface area contributed by atoms with Crippen molar-refractivity contribution < 1.29 is 9.90 Å². The minimum atomic E-state index is 0.0801. The first-order valence-corrected chi connectivity index (χ1v) is 7.73. The SMILES string of the molecule is O=C(CCN(CCO)C1CCCC1)c1ccccc1Cl. The van der Waals surface area contributed by atoms with Crippen LogP contribution in [0.4, 0.5) is 0 Å². The number of hydrogen-bond donors (Lipinski definition) is 1. The van der Waals surface area contributed by atoms with E-state index in [1.165, 1.54) is 25.7 Å². The van der Waals surface area contributed by atoms with Gasteiger partial charge in [0.05, 0.1) is 11.6 Å². The molecule has 3 nitrogen and oxygen atoms in total. The van der Waals surface area contributed by atoms with Gasteiger partial charge in [-0.3, -0.25) is 9.69 Å².